The van der Waals surface area contributed by atoms with Crippen molar-refractivity contribution in [1.29, 1.82) is 5.26 Å². The smallest absolute Gasteiger partial charge is 0.187 e. The molecule has 90 valence electrons. The molecule has 0 unspecified atom stereocenters. The topological polar surface area (TPSA) is 49.6 Å². The van der Waals surface area contributed by atoms with Crippen LogP contribution in [0.2, 0.25) is 0 Å². The van der Waals surface area contributed by atoms with E-state index in [0.717, 1.165) is 11.1 Å². The minimum absolute atomic E-state index is 0.0675. The minimum Gasteiger partial charge on any atom is -0.231 e. The summed E-state index contributed by atoms with van der Waals surface area (Å²) in [7, 11) is 0. The van der Waals surface area contributed by atoms with Crippen LogP contribution in [0.25, 0.3) is 0 Å². The Bertz CT molecular complexity index is 590. The average molecular weight is 259 g/mol. The quantitative estimate of drug-likeness (QED) is 0.628. The highest BCUT2D eigenvalue weighted by atomic mass is 32.2. The molecule has 0 saturated carbocycles. The molecule has 2 rings (SSSR count). The number of benzene rings is 1. The van der Waals surface area contributed by atoms with Gasteiger partial charge in [0, 0.05) is 18.1 Å². The first kappa shape index (κ1) is 12.5. The maximum absolute atomic E-state index is 13.1. The molecule has 0 amide bonds. The molecule has 0 aliphatic rings. The van der Waals surface area contributed by atoms with E-state index in [1.165, 1.54) is 17.8 Å². The van der Waals surface area contributed by atoms with Gasteiger partial charge in [0.15, 0.2) is 5.16 Å². The van der Waals surface area contributed by atoms with E-state index in [4.69, 9.17) is 5.26 Å². The van der Waals surface area contributed by atoms with Crippen LogP contribution < -0.4 is 0 Å². The Hall–Kier alpha value is -1.93. The Balaban J connectivity index is 2.06. The van der Waals surface area contributed by atoms with Crippen molar-refractivity contribution in [2.75, 3.05) is 0 Å². The number of halogens is 1. The van der Waals surface area contributed by atoms with Crippen LogP contribution in [-0.2, 0) is 5.75 Å². The first-order valence-electron chi connectivity index (χ1n) is 5.29. The Morgan fingerprint density at radius 3 is 2.72 bits per heavy atom. The van der Waals surface area contributed by atoms with E-state index in [-0.39, 0.29) is 5.56 Å². The zero-order chi connectivity index (χ0) is 13.0. The number of nitriles is 1. The summed E-state index contributed by atoms with van der Waals surface area (Å²) in [5.74, 6) is 0.121. The highest BCUT2D eigenvalue weighted by Crippen LogP contribution is 2.20. The first-order valence-corrected chi connectivity index (χ1v) is 6.27. The maximum Gasteiger partial charge on any atom is 0.187 e. The zero-order valence-corrected chi connectivity index (χ0v) is 10.5. The molecule has 0 aliphatic heterocycles. The molecular weight excluding hydrogens is 249 g/mol. The van der Waals surface area contributed by atoms with Crippen molar-refractivity contribution in [3.05, 3.63) is 53.1 Å². The summed E-state index contributed by atoms with van der Waals surface area (Å²) >= 11 is 1.45. The van der Waals surface area contributed by atoms with Crippen molar-refractivity contribution in [3.8, 4) is 6.07 Å². The molecular formula is C13H10FN3S. The maximum atomic E-state index is 13.1. The van der Waals surface area contributed by atoms with E-state index in [1.54, 1.807) is 24.5 Å². The summed E-state index contributed by atoms with van der Waals surface area (Å²) in [5, 5.41) is 9.41. The predicted molar refractivity (Wildman–Crippen MR) is 67.4 cm³/mol. The number of hydrogen-bond acceptors (Lipinski definition) is 4. The van der Waals surface area contributed by atoms with Gasteiger partial charge in [0.25, 0.3) is 0 Å². The Labute approximate surface area is 109 Å². The Morgan fingerprint density at radius 1 is 1.33 bits per heavy atom. The second-order valence-corrected chi connectivity index (χ2v) is 4.70. The molecule has 0 aliphatic carbocycles. The monoisotopic (exact) mass is 259 g/mol. The summed E-state index contributed by atoms with van der Waals surface area (Å²) in [4.78, 5) is 8.33. The molecule has 1 aromatic carbocycles. The fraction of sp³-hybridized carbons (Fsp3) is 0.154. The standard InChI is InChI=1S/C13H10FN3S/c1-9-6-16-13(17-7-9)18-8-10-2-3-12(14)11(4-10)5-15/h2-4,6-7H,8H2,1H3. The first-order chi connectivity index (χ1) is 8.69. The van der Waals surface area contributed by atoms with E-state index in [2.05, 4.69) is 9.97 Å². The fourth-order valence-electron chi connectivity index (χ4n) is 1.35. The number of nitrogens with zero attached hydrogens (tertiary/aromatic N) is 3. The lowest BCUT2D eigenvalue weighted by atomic mass is 10.1. The molecule has 0 bridgehead atoms. The van der Waals surface area contributed by atoms with Crippen molar-refractivity contribution in [2.24, 2.45) is 0 Å². The number of hydrogen-bond donors (Lipinski definition) is 0. The van der Waals surface area contributed by atoms with Gasteiger partial charge in [0.2, 0.25) is 0 Å². The van der Waals surface area contributed by atoms with Crippen LogP contribution in [0.3, 0.4) is 0 Å². The molecule has 1 heterocycles. The van der Waals surface area contributed by atoms with Crippen molar-refractivity contribution in [2.45, 2.75) is 17.8 Å². The van der Waals surface area contributed by atoms with E-state index < -0.39 is 5.82 Å². The number of rotatable bonds is 3. The molecule has 3 nitrogen and oxygen atoms in total. The second-order valence-electron chi connectivity index (χ2n) is 3.76. The largest absolute Gasteiger partial charge is 0.231 e. The predicted octanol–water partition coefficient (Wildman–Crippen LogP) is 3.09. The van der Waals surface area contributed by atoms with Crippen molar-refractivity contribution >= 4 is 11.8 Å². The van der Waals surface area contributed by atoms with Crippen molar-refractivity contribution < 1.29 is 4.39 Å². The Kier molecular flexibility index (Phi) is 3.90. The summed E-state index contributed by atoms with van der Waals surface area (Å²) < 4.78 is 13.1. The SMILES string of the molecule is Cc1cnc(SCc2ccc(F)c(C#N)c2)nc1. The third kappa shape index (κ3) is 3.05. The van der Waals surface area contributed by atoms with Gasteiger partial charge >= 0.3 is 0 Å². The summed E-state index contributed by atoms with van der Waals surface area (Å²) in [6, 6.07) is 6.35. The van der Waals surface area contributed by atoms with Crippen LogP contribution in [0.15, 0.2) is 35.7 Å². The lowest BCUT2D eigenvalue weighted by Gasteiger charge is -2.02. The Morgan fingerprint density at radius 2 is 2.06 bits per heavy atom. The van der Waals surface area contributed by atoms with Gasteiger partial charge in [-0.25, -0.2) is 14.4 Å². The molecule has 5 heteroatoms. The van der Waals surface area contributed by atoms with Gasteiger partial charge in [0.05, 0.1) is 5.56 Å². The minimum atomic E-state index is -0.488. The van der Waals surface area contributed by atoms with Gasteiger partial charge in [-0.05, 0) is 30.2 Å². The van der Waals surface area contributed by atoms with Crippen LogP contribution in [-0.4, -0.2) is 9.97 Å². The van der Waals surface area contributed by atoms with Gasteiger partial charge in [0.1, 0.15) is 11.9 Å². The number of aromatic nitrogens is 2. The molecule has 18 heavy (non-hydrogen) atoms. The zero-order valence-electron chi connectivity index (χ0n) is 9.72. The molecule has 0 atom stereocenters. The van der Waals surface area contributed by atoms with Gasteiger partial charge in [-0.3, -0.25) is 0 Å². The fourth-order valence-corrected chi connectivity index (χ4v) is 2.08. The molecule has 1 aromatic heterocycles. The van der Waals surface area contributed by atoms with Crippen LogP contribution in [0.1, 0.15) is 16.7 Å². The average Bonchev–Trinajstić information content (AvgIpc) is 2.39. The van der Waals surface area contributed by atoms with Crippen LogP contribution in [0.5, 0.6) is 0 Å². The second kappa shape index (κ2) is 5.61. The van der Waals surface area contributed by atoms with E-state index in [9.17, 15) is 4.39 Å². The third-order valence-electron chi connectivity index (χ3n) is 2.28. The van der Waals surface area contributed by atoms with Gasteiger partial charge in [-0.1, -0.05) is 17.8 Å². The molecule has 0 saturated heterocycles. The van der Waals surface area contributed by atoms with Gasteiger partial charge < -0.3 is 0 Å². The van der Waals surface area contributed by atoms with E-state index in [1.807, 2.05) is 13.0 Å². The highest BCUT2D eigenvalue weighted by molar-refractivity contribution is 7.98. The number of aryl methyl sites for hydroxylation is 1. The molecule has 0 spiro atoms. The molecule has 0 radical (unpaired) electrons. The molecule has 2 aromatic rings. The van der Waals surface area contributed by atoms with Gasteiger partial charge in [-0.2, -0.15) is 5.26 Å². The number of thioether (sulfide) groups is 1. The summed E-state index contributed by atoms with van der Waals surface area (Å²) in [6.45, 7) is 1.92. The van der Waals surface area contributed by atoms with E-state index >= 15 is 0 Å². The van der Waals surface area contributed by atoms with Crippen molar-refractivity contribution in [3.63, 3.8) is 0 Å². The van der Waals surface area contributed by atoms with Crippen LogP contribution in [0.4, 0.5) is 4.39 Å². The lowest BCUT2D eigenvalue weighted by Crippen LogP contribution is -1.90. The molecule has 0 fully saturated rings. The normalized spacial score (nSPS) is 10.1. The van der Waals surface area contributed by atoms with Gasteiger partial charge in [-0.15, -0.1) is 0 Å². The van der Waals surface area contributed by atoms with Crippen LogP contribution in [0, 0.1) is 24.1 Å². The third-order valence-corrected chi connectivity index (χ3v) is 3.22. The molecule has 0 N–H and O–H groups in total. The van der Waals surface area contributed by atoms with E-state index in [0.29, 0.717) is 10.9 Å². The van der Waals surface area contributed by atoms with Crippen LogP contribution >= 0.6 is 11.8 Å². The lowest BCUT2D eigenvalue weighted by molar-refractivity contribution is 0.623. The summed E-state index contributed by atoms with van der Waals surface area (Å²) in [6.07, 6.45) is 3.50. The highest BCUT2D eigenvalue weighted by Gasteiger charge is 2.04. The summed E-state index contributed by atoms with van der Waals surface area (Å²) in [5.41, 5.74) is 1.95. The van der Waals surface area contributed by atoms with Crippen molar-refractivity contribution in [1.82, 2.24) is 9.97 Å².